The van der Waals surface area contributed by atoms with Crippen LogP contribution < -0.4 is 4.90 Å². The zero-order chi connectivity index (χ0) is 13.8. The SMILES string of the molecule is COCC1CCN(c2ccc(C(C)=O)cc2Br)CC1. The van der Waals surface area contributed by atoms with Gasteiger partial charge < -0.3 is 9.64 Å². The van der Waals surface area contributed by atoms with Crippen molar-refractivity contribution in [3.63, 3.8) is 0 Å². The fraction of sp³-hybridized carbons (Fsp3) is 0.533. The van der Waals surface area contributed by atoms with Crippen LogP contribution >= 0.6 is 15.9 Å². The van der Waals surface area contributed by atoms with Crippen molar-refractivity contribution in [1.29, 1.82) is 0 Å². The first-order valence-electron chi connectivity index (χ1n) is 6.66. The molecule has 0 atom stereocenters. The first kappa shape index (κ1) is 14.5. The molecule has 104 valence electrons. The molecular weight excluding hydrogens is 306 g/mol. The number of benzene rings is 1. The summed E-state index contributed by atoms with van der Waals surface area (Å²) in [4.78, 5) is 13.7. The molecule has 2 rings (SSSR count). The van der Waals surface area contributed by atoms with Gasteiger partial charge in [0.2, 0.25) is 0 Å². The first-order valence-corrected chi connectivity index (χ1v) is 7.45. The highest BCUT2D eigenvalue weighted by atomic mass is 79.9. The number of hydrogen-bond donors (Lipinski definition) is 0. The molecule has 0 aromatic heterocycles. The first-order chi connectivity index (χ1) is 9.11. The van der Waals surface area contributed by atoms with Crippen molar-refractivity contribution in [3.8, 4) is 0 Å². The Labute approximate surface area is 123 Å². The molecule has 0 bridgehead atoms. The molecule has 0 saturated carbocycles. The van der Waals surface area contributed by atoms with Crippen molar-refractivity contribution in [3.05, 3.63) is 28.2 Å². The highest BCUT2D eigenvalue weighted by Crippen LogP contribution is 2.31. The van der Waals surface area contributed by atoms with E-state index in [2.05, 4.69) is 20.8 Å². The number of anilines is 1. The average Bonchev–Trinajstić information content (AvgIpc) is 2.40. The van der Waals surface area contributed by atoms with Crippen LogP contribution in [0.2, 0.25) is 0 Å². The summed E-state index contributed by atoms with van der Waals surface area (Å²) in [6.07, 6.45) is 2.32. The number of ether oxygens (including phenoxy) is 1. The van der Waals surface area contributed by atoms with E-state index >= 15 is 0 Å². The van der Waals surface area contributed by atoms with Gasteiger partial charge >= 0.3 is 0 Å². The highest BCUT2D eigenvalue weighted by molar-refractivity contribution is 9.10. The van der Waals surface area contributed by atoms with Crippen LogP contribution in [0.5, 0.6) is 0 Å². The number of nitrogens with zero attached hydrogens (tertiary/aromatic N) is 1. The monoisotopic (exact) mass is 325 g/mol. The molecule has 1 aromatic carbocycles. The number of rotatable bonds is 4. The van der Waals surface area contributed by atoms with Crippen molar-refractivity contribution < 1.29 is 9.53 Å². The lowest BCUT2D eigenvalue weighted by Gasteiger charge is -2.34. The number of methoxy groups -OCH3 is 1. The van der Waals surface area contributed by atoms with E-state index in [1.54, 1.807) is 14.0 Å². The summed E-state index contributed by atoms with van der Waals surface area (Å²) in [6.45, 7) is 4.55. The van der Waals surface area contributed by atoms with Gasteiger partial charge in [0.15, 0.2) is 5.78 Å². The molecule has 4 heteroatoms. The van der Waals surface area contributed by atoms with Gasteiger partial charge in [0.1, 0.15) is 0 Å². The molecule has 1 saturated heterocycles. The second-order valence-corrected chi connectivity index (χ2v) is 5.96. The Bertz CT molecular complexity index is 453. The smallest absolute Gasteiger partial charge is 0.159 e. The maximum absolute atomic E-state index is 11.4. The van der Waals surface area contributed by atoms with Gasteiger partial charge in [-0.05, 0) is 59.8 Å². The second kappa shape index (κ2) is 6.53. The van der Waals surface area contributed by atoms with Crippen LogP contribution in [0.3, 0.4) is 0 Å². The molecule has 0 aliphatic carbocycles. The van der Waals surface area contributed by atoms with Crippen molar-refractivity contribution in [1.82, 2.24) is 0 Å². The minimum Gasteiger partial charge on any atom is -0.384 e. The summed E-state index contributed by atoms with van der Waals surface area (Å²) in [6, 6.07) is 5.86. The molecular formula is C15H20BrNO2. The number of halogens is 1. The molecule has 1 heterocycles. The molecule has 0 unspecified atom stereocenters. The van der Waals surface area contributed by atoms with Crippen molar-refractivity contribution >= 4 is 27.4 Å². The van der Waals surface area contributed by atoms with Crippen LogP contribution in [0.25, 0.3) is 0 Å². The third kappa shape index (κ3) is 3.57. The fourth-order valence-electron chi connectivity index (χ4n) is 2.56. The standard InChI is InChI=1S/C15H20BrNO2/c1-11(18)13-3-4-15(14(16)9-13)17-7-5-12(6-8-17)10-19-2/h3-4,9,12H,5-8,10H2,1-2H3. The maximum Gasteiger partial charge on any atom is 0.159 e. The third-order valence-corrected chi connectivity index (χ3v) is 4.35. The molecule has 0 radical (unpaired) electrons. The Morgan fingerprint density at radius 3 is 2.63 bits per heavy atom. The van der Waals surface area contributed by atoms with Gasteiger partial charge in [-0.15, -0.1) is 0 Å². The van der Waals surface area contributed by atoms with Crippen LogP contribution in [-0.4, -0.2) is 32.6 Å². The summed E-state index contributed by atoms with van der Waals surface area (Å²) in [5, 5.41) is 0. The zero-order valence-corrected chi connectivity index (χ0v) is 13.1. The van der Waals surface area contributed by atoms with Crippen LogP contribution in [0.15, 0.2) is 22.7 Å². The third-order valence-electron chi connectivity index (χ3n) is 3.71. The van der Waals surface area contributed by atoms with E-state index in [9.17, 15) is 4.79 Å². The average molecular weight is 326 g/mol. The van der Waals surface area contributed by atoms with Crippen LogP contribution in [-0.2, 0) is 4.74 Å². The lowest BCUT2D eigenvalue weighted by atomic mass is 9.97. The summed E-state index contributed by atoms with van der Waals surface area (Å²) in [5.74, 6) is 0.780. The molecule has 1 aliphatic rings. The van der Waals surface area contributed by atoms with Gasteiger partial charge in [-0.3, -0.25) is 4.79 Å². The van der Waals surface area contributed by atoms with Gasteiger partial charge in [0, 0.05) is 36.8 Å². The number of carbonyl (C=O) groups is 1. The van der Waals surface area contributed by atoms with Gasteiger partial charge in [0.05, 0.1) is 5.69 Å². The fourth-order valence-corrected chi connectivity index (χ4v) is 3.19. The van der Waals surface area contributed by atoms with Gasteiger partial charge in [-0.1, -0.05) is 0 Å². The Balaban J connectivity index is 2.05. The molecule has 3 nitrogen and oxygen atoms in total. The summed E-state index contributed by atoms with van der Waals surface area (Å²) in [7, 11) is 1.77. The van der Waals surface area contributed by atoms with E-state index in [0.717, 1.165) is 42.6 Å². The quantitative estimate of drug-likeness (QED) is 0.793. The van der Waals surface area contributed by atoms with Crippen LogP contribution in [0.4, 0.5) is 5.69 Å². The molecule has 0 amide bonds. The Kier molecular flexibility index (Phi) is 4.99. The Morgan fingerprint density at radius 2 is 2.11 bits per heavy atom. The Morgan fingerprint density at radius 1 is 1.42 bits per heavy atom. The summed E-state index contributed by atoms with van der Waals surface area (Å²) < 4.78 is 6.23. The lowest BCUT2D eigenvalue weighted by molar-refractivity contribution is 0.101. The van der Waals surface area contributed by atoms with Crippen LogP contribution in [0.1, 0.15) is 30.1 Å². The van der Waals surface area contributed by atoms with E-state index in [1.807, 2.05) is 18.2 Å². The van der Waals surface area contributed by atoms with E-state index in [0.29, 0.717) is 5.92 Å². The van der Waals surface area contributed by atoms with Crippen molar-refractivity contribution in [2.75, 3.05) is 31.7 Å². The predicted molar refractivity (Wildman–Crippen MR) is 81.0 cm³/mol. The Hall–Kier alpha value is -0.870. The summed E-state index contributed by atoms with van der Waals surface area (Å²) >= 11 is 3.58. The number of hydrogen-bond acceptors (Lipinski definition) is 3. The second-order valence-electron chi connectivity index (χ2n) is 5.11. The molecule has 19 heavy (non-hydrogen) atoms. The van der Waals surface area contributed by atoms with E-state index in [4.69, 9.17) is 4.74 Å². The number of Topliss-reactive ketones (excluding diaryl/α,β-unsaturated/α-hetero) is 1. The molecule has 1 aliphatic heterocycles. The topological polar surface area (TPSA) is 29.5 Å². The van der Waals surface area contributed by atoms with Crippen molar-refractivity contribution in [2.45, 2.75) is 19.8 Å². The van der Waals surface area contributed by atoms with Gasteiger partial charge in [0.25, 0.3) is 0 Å². The van der Waals surface area contributed by atoms with Gasteiger partial charge in [-0.25, -0.2) is 0 Å². The minimum absolute atomic E-state index is 0.103. The highest BCUT2D eigenvalue weighted by Gasteiger charge is 2.20. The number of piperidine rings is 1. The van der Waals surface area contributed by atoms with Gasteiger partial charge in [-0.2, -0.15) is 0 Å². The molecule has 1 aromatic rings. The normalized spacial score (nSPS) is 16.7. The zero-order valence-electron chi connectivity index (χ0n) is 11.5. The van der Waals surface area contributed by atoms with Crippen LogP contribution in [0, 0.1) is 5.92 Å². The van der Waals surface area contributed by atoms with E-state index in [-0.39, 0.29) is 5.78 Å². The largest absolute Gasteiger partial charge is 0.384 e. The lowest BCUT2D eigenvalue weighted by Crippen LogP contribution is -2.35. The number of carbonyl (C=O) groups excluding carboxylic acids is 1. The van der Waals surface area contributed by atoms with E-state index in [1.165, 1.54) is 5.69 Å². The minimum atomic E-state index is 0.103. The van der Waals surface area contributed by atoms with E-state index < -0.39 is 0 Å². The summed E-state index contributed by atoms with van der Waals surface area (Å²) in [5.41, 5.74) is 1.94. The maximum atomic E-state index is 11.4. The van der Waals surface area contributed by atoms with Crippen molar-refractivity contribution in [2.24, 2.45) is 5.92 Å². The number of ketones is 1. The predicted octanol–water partition coefficient (Wildman–Crippen LogP) is 3.51. The molecule has 0 N–H and O–H groups in total. The molecule has 0 spiro atoms. The molecule has 1 fully saturated rings.